The van der Waals surface area contributed by atoms with Gasteiger partial charge in [-0.25, -0.2) is 8.42 Å². The number of piperidine rings is 1. The van der Waals surface area contributed by atoms with E-state index in [4.69, 9.17) is 11.6 Å². The number of fused-ring (bicyclic) bond motifs is 1. The first-order chi connectivity index (χ1) is 14.4. The van der Waals surface area contributed by atoms with Crippen LogP contribution in [0.2, 0.25) is 5.02 Å². The van der Waals surface area contributed by atoms with Crippen molar-refractivity contribution >= 4 is 45.0 Å². The highest BCUT2D eigenvalue weighted by Crippen LogP contribution is 2.38. The average molecular weight is 465 g/mol. The molecule has 4 rings (SSSR count). The van der Waals surface area contributed by atoms with Crippen molar-refractivity contribution in [1.29, 1.82) is 0 Å². The zero-order valence-electron chi connectivity index (χ0n) is 16.8. The summed E-state index contributed by atoms with van der Waals surface area (Å²) >= 11 is 7.69. The number of rotatable bonds is 3. The molecule has 2 aromatic rings. The summed E-state index contributed by atoms with van der Waals surface area (Å²) in [6, 6.07) is 14.3. The molecule has 0 radical (unpaired) electrons. The van der Waals surface area contributed by atoms with E-state index in [9.17, 15) is 13.2 Å². The van der Waals surface area contributed by atoms with Crippen LogP contribution in [0.4, 0.5) is 5.69 Å². The van der Waals surface area contributed by atoms with E-state index in [1.165, 1.54) is 16.4 Å². The number of halogens is 1. The number of amides is 1. The molecule has 0 unspecified atom stereocenters. The molecule has 0 aliphatic carbocycles. The summed E-state index contributed by atoms with van der Waals surface area (Å²) in [4.78, 5) is 16.7. The summed E-state index contributed by atoms with van der Waals surface area (Å²) in [5.74, 6) is -0.0474. The SMILES string of the molecule is C[C@H]1CCN(C(=O)C2CCN(S(=O)(=O)c3ccc(Cl)cc3)CC2)c2ccccc2S1. The molecule has 160 valence electrons. The highest BCUT2D eigenvalue weighted by Gasteiger charge is 2.35. The molecule has 1 amide bonds. The van der Waals surface area contributed by atoms with Crippen LogP contribution in [0.1, 0.15) is 26.2 Å². The van der Waals surface area contributed by atoms with Crippen LogP contribution in [0.3, 0.4) is 0 Å². The summed E-state index contributed by atoms with van der Waals surface area (Å²) in [6.07, 6.45) is 2.01. The van der Waals surface area contributed by atoms with Crippen LogP contribution in [0.5, 0.6) is 0 Å². The van der Waals surface area contributed by atoms with Gasteiger partial charge in [-0.2, -0.15) is 4.31 Å². The van der Waals surface area contributed by atoms with Gasteiger partial charge in [-0.1, -0.05) is 30.7 Å². The second-order valence-electron chi connectivity index (χ2n) is 7.81. The molecule has 0 bridgehead atoms. The summed E-state index contributed by atoms with van der Waals surface area (Å²) < 4.78 is 27.3. The Morgan fingerprint density at radius 3 is 2.37 bits per heavy atom. The Morgan fingerprint density at radius 1 is 1.00 bits per heavy atom. The maximum atomic E-state index is 13.4. The van der Waals surface area contributed by atoms with Crippen molar-refractivity contribution in [3.05, 3.63) is 53.6 Å². The number of nitrogens with zero attached hydrogens (tertiary/aromatic N) is 2. The van der Waals surface area contributed by atoms with Gasteiger partial charge in [-0.05, 0) is 55.7 Å². The largest absolute Gasteiger partial charge is 0.311 e. The van der Waals surface area contributed by atoms with Gasteiger partial charge in [-0.3, -0.25) is 4.79 Å². The third-order valence-corrected chi connectivity index (χ3v) is 9.17. The molecule has 5 nitrogen and oxygen atoms in total. The van der Waals surface area contributed by atoms with Crippen molar-refractivity contribution in [2.24, 2.45) is 5.92 Å². The summed E-state index contributed by atoms with van der Waals surface area (Å²) in [5.41, 5.74) is 0.980. The second kappa shape index (κ2) is 8.91. The van der Waals surface area contributed by atoms with E-state index < -0.39 is 10.0 Å². The van der Waals surface area contributed by atoms with Crippen molar-refractivity contribution < 1.29 is 13.2 Å². The lowest BCUT2D eigenvalue weighted by atomic mass is 9.96. The molecule has 1 saturated heterocycles. The van der Waals surface area contributed by atoms with Gasteiger partial charge in [0, 0.05) is 40.7 Å². The van der Waals surface area contributed by atoms with E-state index in [2.05, 4.69) is 13.0 Å². The molecule has 1 atom stereocenters. The Kier molecular flexibility index (Phi) is 6.44. The number of anilines is 1. The fourth-order valence-electron chi connectivity index (χ4n) is 4.03. The van der Waals surface area contributed by atoms with Crippen molar-refractivity contribution in [2.75, 3.05) is 24.5 Å². The highest BCUT2D eigenvalue weighted by atomic mass is 35.5. The zero-order valence-corrected chi connectivity index (χ0v) is 19.2. The first kappa shape index (κ1) is 21.7. The summed E-state index contributed by atoms with van der Waals surface area (Å²) in [7, 11) is -3.57. The van der Waals surface area contributed by atoms with E-state index in [-0.39, 0.29) is 16.7 Å². The van der Waals surface area contributed by atoms with E-state index in [0.717, 1.165) is 17.0 Å². The Labute approximate surface area is 187 Å². The van der Waals surface area contributed by atoms with Gasteiger partial charge in [-0.15, -0.1) is 11.8 Å². The number of thioether (sulfide) groups is 1. The van der Waals surface area contributed by atoms with E-state index >= 15 is 0 Å². The van der Waals surface area contributed by atoms with Crippen LogP contribution >= 0.6 is 23.4 Å². The normalized spacial score (nSPS) is 21.1. The van der Waals surface area contributed by atoms with Crippen molar-refractivity contribution in [2.45, 2.75) is 41.2 Å². The van der Waals surface area contributed by atoms with Crippen molar-refractivity contribution in [3.63, 3.8) is 0 Å². The van der Waals surface area contributed by atoms with Gasteiger partial charge < -0.3 is 4.90 Å². The van der Waals surface area contributed by atoms with Gasteiger partial charge in [0.15, 0.2) is 0 Å². The minimum Gasteiger partial charge on any atom is -0.311 e. The van der Waals surface area contributed by atoms with Gasteiger partial charge in [0.25, 0.3) is 0 Å². The quantitative estimate of drug-likeness (QED) is 0.663. The number of hydrogen-bond acceptors (Lipinski definition) is 4. The number of hydrogen-bond donors (Lipinski definition) is 0. The molecule has 1 fully saturated rings. The number of para-hydroxylation sites is 1. The minimum atomic E-state index is -3.57. The van der Waals surface area contributed by atoms with Crippen LogP contribution in [-0.4, -0.2) is 43.5 Å². The van der Waals surface area contributed by atoms with Crippen LogP contribution < -0.4 is 4.90 Å². The first-order valence-corrected chi connectivity index (χ1v) is 12.9. The zero-order chi connectivity index (χ0) is 21.3. The van der Waals surface area contributed by atoms with Gasteiger partial charge in [0.05, 0.1) is 10.6 Å². The van der Waals surface area contributed by atoms with E-state index in [1.54, 1.807) is 12.1 Å². The predicted molar refractivity (Wildman–Crippen MR) is 122 cm³/mol. The van der Waals surface area contributed by atoms with Crippen molar-refractivity contribution in [3.8, 4) is 0 Å². The standard InChI is InChI=1S/C22H25ClN2O3S2/c1-16-10-15-25(20-4-2-3-5-21(20)29-16)22(26)17-11-13-24(14-12-17)30(27,28)19-8-6-18(23)7-9-19/h2-9,16-17H,10-15H2,1H3/t16-/m0/s1. The first-order valence-electron chi connectivity index (χ1n) is 10.2. The lowest BCUT2D eigenvalue weighted by Crippen LogP contribution is -2.44. The lowest BCUT2D eigenvalue weighted by molar-refractivity contribution is -0.123. The topological polar surface area (TPSA) is 57.7 Å². The number of carbonyl (C=O) groups is 1. The maximum absolute atomic E-state index is 13.4. The maximum Gasteiger partial charge on any atom is 0.243 e. The summed E-state index contributed by atoms with van der Waals surface area (Å²) in [5, 5.41) is 0.957. The number of benzene rings is 2. The fraction of sp³-hybridized carbons (Fsp3) is 0.409. The Balaban J connectivity index is 1.47. The molecule has 0 N–H and O–H groups in total. The fourth-order valence-corrected chi connectivity index (χ4v) is 6.74. The van der Waals surface area contributed by atoms with Crippen molar-refractivity contribution in [1.82, 2.24) is 4.31 Å². The molecule has 2 heterocycles. The molecular formula is C22H25ClN2O3S2. The molecule has 2 aliphatic rings. The molecule has 0 spiro atoms. The highest BCUT2D eigenvalue weighted by molar-refractivity contribution is 8.00. The third kappa shape index (κ3) is 4.40. The molecular weight excluding hydrogens is 440 g/mol. The van der Waals surface area contributed by atoms with Crippen LogP contribution in [0, 0.1) is 5.92 Å². The Bertz CT molecular complexity index is 1020. The van der Waals surface area contributed by atoms with Crippen LogP contribution in [0.15, 0.2) is 58.3 Å². The Morgan fingerprint density at radius 2 is 1.67 bits per heavy atom. The molecule has 0 saturated carbocycles. The van der Waals surface area contributed by atoms with Gasteiger partial charge >= 0.3 is 0 Å². The smallest absolute Gasteiger partial charge is 0.243 e. The lowest BCUT2D eigenvalue weighted by Gasteiger charge is -2.33. The van der Waals surface area contributed by atoms with Gasteiger partial charge in [0.2, 0.25) is 15.9 Å². The number of sulfonamides is 1. The third-order valence-electron chi connectivity index (χ3n) is 5.76. The molecule has 30 heavy (non-hydrogen) atoms. The predicted octanol–water partition coefficient (Wildman–Crippen LogP) is 4.66. The molecule has 2 aromatic carbocycles. The number of carbonyl (C=O) groups excluding carboxylic acids is 1. The average Bonchev–Trinajstić information content (AvgIpc) is 2.92. The molecule has 0 aromatic heterocycles. The molecule has 2 aliphatic heterocycles. The Hall–Kier alpha value is -1.54. The van der Waals surface area contributed by atoms with Gasteiger partial charge in [0.1, 0.15) is 0 Å². The minimum absolute atomic E-state index is 0.112. The second-order valence-corrected chi connectivity index (χ2v) is 11.7. The van der Waals surface area contributed by atoms with Crippen LogP contribution in [-0.2, 0) is 14.8 Å². The molecule has 8 heteroatoms. The van der Waals surface area contributed by atoms with E-state index in [1.807, 2.05) is 34.9 Å². The monoisotopic (exact) mass is 464 g/mol. The van der Waals surface area contributed by atoms with Crippen LogP contribution in [0.25, 0.3) is 0 Å². The van der Waals surface area contributed by atoms with E-state index in [0.29, 0.717) is 42.7 Å². The summed E-state index contributed by atoms with van der Waals surface area (Å²) in [6.45, 7) is 3.59.